The van der Waals surface area contributed by atoms with E-state index in [4.69, 9.17) is 10.5 Å². The second-order valence-electron chi connectivity index (χ2n) is 5.05. The quantitative estimate of drug-likeness (QED) is 0.728. The van der Waals surface area contributed by atoms with Gasteiger partial charge in [-0.3, -0.25) is 4.79 Å². The lowest BCUT2D eigenvalue weighted by Crippen LogP contribution is -2.15. The fourth-order valence-electron chi connectivity index (χ4n) is 2.31. The Morgan fingerprint density at radius 3 is 2.09 bits per heavy atom. The minimum Gasteiger partial charge on any atom is -0.452 e. The first-order valence-corrected chi connectivity index (χ1v) is 8.09. The van der Waals surface area contributed by atoms with Gasteiger partial charge in [0.2, 0.25) is 0 Å². The summed E-state index contributed by atoms with van der Waals surface area (Å²) in [6.07, 6.45) is -0.315. The van der Waals surface area contributed by atoms with E-state index >= 15 is 0 Å². The number of hydrogen-bond donors (Lipinski definition) is 1. The Kier molecular flexibility index (Phi) is 4.68. The Labute approximate surface area is 138 Å². The van der Waals surface area contributed by atoms with Crippen LogP contribution in [0.2, 0.25) is 0 Å². The van der Waals surface area contributed by atoms with Crippen LogP contribution in [0.3, 0.4) is 0 Å². The Balaban J connectivity index is 1.80. The molecule has 4 nitrogen and oxygen atoms in total. The highest BCUT2D eigenvalue weighted by atomic mass is 32.1. The summed E-state index contributed by atoms with van der Waals surface area (Å²) in [7, 11) is 0. The number of anilines is 1. The van der Waals surface area contributed by atoms with Crippen molar-refractivity contribution in [3.63, 3.8) is 0 Å². The normalized spacial score (nSPS) is 10.7. The molecule has 1 heterocycles. The number of nitrogen functional groups attached to an aromatic ring is 1. The van der Waals surface area contributed by atoms with Crippen molar-refractivity contribution in [3.8, 4) is 0 Å². The van der Waals surface area contributed by atoms with Crippen molar-refractivity contribution < 1.29 is 9.53 Å². The van der Waals surface area contributed by atoms with E-state index in [2.05, 4.69) is 4.98 Å². The molecule has 5 heteroatoms. The van der Waals surface area contributed by atoms with Gasteiger partial charge >= 0.3 is 5.97 Å². The van der Waals surface area contributed by atoms with Gasteiger partial charge < -0.3 is 10.5 Å². The molecule has 0 saturated carbocycles. The smallest absolute Gasteiger partial charge is 0.312 e. The predicted molar refractivity (Wildman–Crippen MR) is 91.0 cm³/mol. The van der Waals surface area contributed by atoms with Crippen molar-refractivity contribution in [3.05, 3.63) is 82.9 Å². The summed E-state index contributed by atoms with van der Waals surface area (Å²) in [6, 6.07) is 19.4. The van der Waals surface area contributed by atoms with Gasteiger partial charge in [0, 0.05) is 5.38 Å². The number of nitrogens with zero attached hydrogens (tertiary/aromatic N) is 1. The van der Waals surface area contributed by atoms with Crippen molar-refractivity contribution in [1.29, 1.82) is 0 Å². The molecule has 0 saturated heterocycles. The monoisotopic (exact) mass is 324 g/mol. The van der Waals surface area contributed by atoms with E-state index in [0.717, 1.165) is 11.1 Å². The van der Waals surface area contributed by atoms with E-state index in [9.17, 15) is 4.79 Å². The summed E-state index contributed by atoms with van der Waals surface area (Å²) in [5, 5.41) is 2.23. The molecule has 3 aromatic rings. The maximum atomic E-state index is 12.3. The zero-order chi connectivity index (χ0) is 16.1. The zero-order valence-corrected chi connectivity index (χ0v) is 13.2. The number of carbonyl (C=O) groups excluding carboxylic acids is 1. The molecule has 23 heavy (non-hydrogen) atoms. The van der Waals surface area contributed by atoms with Crippen LogP contribution in [0.1, 0.15) is 22.9 Å². The number of aromatic nitrogens is 1. The summed E-state index contributed by atoms with van der Waals surface area (Å²) in [5.41, 5.74) is 8.10. The van der Waals surface area contributed by atoms with Crippen LogP contribution in [0.4, 0.5) is 5.13 Å². The lowest BCUT2D eigenvalue weighted by atomic mass is 10.0. The van der Waals surface area contributed by atoms with Gasteiger partial charge in [-0.25, -0.2) is 4.98 Å². The van der Waals surface area contributed by atoms with E-state index in [1.54, 1.807) is 5.38 Å². The van der Waals surface area contributed by atoms with Gasteiger partial charge in [-0.05, 0) is 11.1 Å². The Morgan fingerprint density at radius 2 is 1.61 bits per heavy atom. The standard InChI is InChI=1S/C18H16N2O2S/c19-18-20-15(12-23-18)11-16(21)22-17(13-7-3-1-4-8-13)14-9-5-2-6-10-14/h1-10,12,17H,11H2,(H2,19,20). The summed E-state index contributed by atoms with van der Waals surface area (Å²) < 4.78 is 5.72. The average molecular weight is 324 g/mol. The molecular weight excluding hydrogens is 308 g/mol. The van der Waals surface area contributed by atoms with Gasteiger partial charge in [0.1, 0.15) is 0 Å². The number of hydrogen-bond acceptors (Lipinski definition) is 5. The van der Waals surface area contributed by atoms with Crippen molar-refractivity contribution in [2.45, 2.75) is 12.5 Å². The molecule has 0 atom stereocenters. The first-order chi connectivity index (χ1) is 11.2. The summed E-state index contributed by atoms with van der Waals surface area (Å²) >= 11 is 1.32. The number of ether oxygens (including phenoxy) is 1. The van der Waals surface area contributed by atoms with Gasteiger partial charge in [-0.2, -0.15) is 0 Å². The molecule has 0 aliphatic heterocycles. The van der Waals surface area contributed by atoms with E-state index in [1.165, 1.54) is 11.3 Å². The fourth-order valence-corrected chi connectivity index (χ4v) is 2.87. The molecule has 116 valence electrons. The number of thiazole rings is 1. The van der Waals surface area contributed by atoms with Crippen LogP contribution in [0.25, 0.3) is 0 Å². The fraction of sp³-hybridized carbons (Fsp3) is 0.111. The van der Waals surface area contributed by atoms with Crippen LogP contribution in [0.5, 0.6) is 0 Å². The molecule has 0 unspecified atom stereocenters. The first kappa shape index (κ1) is 15.2. The second-order valence-corrected chi connectivity index (χ2v) is 5.93. The van der Waals surface area contributed by atoms with Crippen molar-refractivity contribution in [1.82, 2.24) is 4.98 Å². The van der Waals surface area contributed by atoms with Crippen LogP contribution in [-0.4, -0.2) is 11.0 Å². The number of carbonyl (C=O) groups is 1. The van der Waals surface area contributed by atoms with Gasteiger partial charge in [-0.1, -0.05) is 60.7 Å². The van der Waals surface area contributed by atoms with Gasteiger partial charge in [0.05, 0.1) is 12.1 Å². The molecule has 0 fully saturated rings. The predicted octanol–water partition coefficient (Wildman–Crippen LogP) is 3.60. The third kappa shape index (κ3) is 3.96. The van der Waals surface area contributed by atoms with Gasteiger partial charge in [0.25, 0.3) is 0 Å². The van der Waals surface area contributed by atoms with E-state index in [-0.39, 0.29) is 12.4 Å². The molecule has 1 aromatic heterocycles. The van der Waals surface area contributed by atoms with Gasteiger partial charge in [0.15, 0.2) is 11.2 Å². The summed E-state index contributed by atoms with van der Waals surface area (Å²) in [5.74, 6) is -0.326. The summed E-state index contributed by atoms with van der Waals surface area (Å²) in [4.78, 5) is 16.4. The average Bonchev–Trinajstić information content (AvgIpc) is 2.99. The van der Waals surface area contributed by atoms with E-state index in [1.807, 2.05) is 60.7 Å². The molecule has 2 aromatic carbocycles. The molecule has 0 aliphatic carbocycles. The van der Waals surface area contributed by atoms with Crippen LogP contribution in [0.15, 0.2) is 66.0 Å². The molecule has 2 N–H and O–H groups in total. The lowest BCUT2D eigenvalue weighted by Gasteiger charge is -2.18. The Morgan fingerprint density at radius 1 is 1.04 bits per heavy atom. The number of benzene rings is 2. The van der Waals surface area contributed by atoms with Crippen LogP contribution in [-0.2, 0) is 16.0 Å². The zero-order valence-electron chi connectivity index (χ0n) is 12.4. The molecule has 0 amide bonds. The first-order valence-electron chi connectivity index (χ1n) is 7.21. The van der Waals surface area contributed by atoms with Crippen LogP contribution < -0.4 is 5.73 Å². The lowest BCUT2D eigenvalue weighted by molar-refractivity contribution is -0.146. The van der Waals surface area contributed by atoms with Crippen LogP contribution in [0, 0.1) is 0 Å². The largest absolute Gasteiger partial charge is 0.452 e. The minimum atomic E-state index is -0.430. The highest BCUT2D eigenvalue weighted by Gasteiger charge is 2.19. The third-order valence-electron chi connectivity index (χ3n) is 3.35. The Bertz CT molecular complexity index is 732. The molecule has 0 radical (unpaired) electrons. The number of rotatable bonds is 5. The van der Waals surface area contributed by atoms with E-state index in [0.29, 0.717) is 10.8 Å². The Hall–Kier alpha value is -2.66. The topological polar surface area (TPSA) is 65.2 Å². The van der Waals surface area contributed by atoms with Crippen molar-refractivity contribution in [2.24, 2.45) is 0 Å². The van der Waals surface area contributed by atoms with Crippen molar-refractivity contribution >= 4 is 22.4 Å². The number of esters is 1. The molecule has 0 bridgehead atoms. The van der Waals surface area contributed by atoms with E-state index < -0.39 is 6.10 Å². The molecular formula is C18H16N2O2S. The highest BCUT2D eigenvalue weighted by Crippen LogP contribution is 2.26. The minimum absolute atomic E-state index is 0.115. The maximum absolute atomic E-state index is 12.3. The van der Waals surface area contributed by atoms with Crippen molar-refractivity contribution in [2.75, 3.05) is 5.73 Å². The SMILES string of the molecule is Nc1nc(CC(=O)OC(c2ccccc2)c2ccccc2)cs1. The maximum Gasteiger partial charge on any atom is 0.312 e. The highest BCUT2D eigenvalue weighted by molar-refractivity contribution is 7.13. The van der Waals surface area contributed by atoms with Crippen LogP contribution >= 0.6 is 11.3 Å². The summed E-state index contributed by atoms with van der Waals surface area (Å²) in [6.45, 7) is 0. The van der Waals surface area contributed by atoms with Gasteiger partial charge in [-0.15, -0.1) is 11.3 Å². The second kappa shape index (κ2) is 7.07. The molecule has 3 rings (SSSR count). The third-order valence-corrected chi connectivity index (χ3v) is 4.07. The molecule has 0 aliphatic rings. The molecule has 0 spiro atoms. The number of nitrogens with two attached hydrogens (primary N) is 1.